The second kappa shape index (κ2) is 4.90. The quantitative estimate of drug-likeness (QED) is 0.631. The van der Waals surface area contributed by atoms with E-state index in [0.29, 0.717) is 6.61 Å². The number of nitrogens with two attached hydrogens (primary N) is 1. The van der Waals surface area contributed by atoms with Crippen LogP contribution in [-0.4, -0.2) is 36.2 Å². The number of nitrogens with zero attached hydrogens (tertiary/aromatic N) is 1. The monoisotopic (exact) mass is 176 g/mol. The molecule has 0 unspecified atom stereocenters. The van der Waals surface area contributed by atoms with Crippen molar-refractivity contribution in [1.82, 2.24) is 4.90 Å². The van der Waals surface area contributed by atoms with Crippen molar-refractivity contribution in [2.75, 3.05) is 20.2 Å². The highest BCUT2D eigenvalue weighted by Crippen LogP contribution is 1.88. The summed E-state index contributed by atoms with van der Waals surface area (Å²) in [5, 5.41) is 0. The number of carbonyl (C=O) groups excluding carboxylic acids is 1. The van der Waals surface area contributed by atoms with Crippen LogP contribution in [0.15, 0.2) is 0 Å². The molecule has 0 spiro atoms. The zero-order chi connectivity index (χ0) is 8.85. The number of thiocarbonyl (C=S) groups is 1. The Bertz CT molecular complexity index is 161. The maximum Gasteiger partial charge on any atom is 0.409 e. The van der Waals surface area contributed by atoms with Crippen LogP contribution >= 0.6 is 12.2 Å². The van der Waals surface area contributed by atoms with Gasteiger partial charge in [-0.15, -0.1) is 0 Å². The van der Waals surface area contributed by atoms with Gasteiger partial charge in [-0.2, -0.15) is 0 Å². The Morgan fingerprint density at radius 3 is 2.64 bits per heavy atom. The molecule has 0 saturated carbocycles. The molecule has 0 radical (unpaired) electrons. The predicted molar refractivity (Wildman–Crippen MR) is 46.4 cm³/mol. The number of rotatable bonds is 3. The molecule has 0 heterocycles. The van der Waals surface area contributed by atoms with E-state index in [-0.39, 0.29) is 11.5 Å². The van der Waals surface area contributed by atoms with Gasteiger partial charge in [-0.3, -0.25) is 0 Å². The van der Waals surface area contributed by atoms with Crippen molar-refractivity contribution < 1.29 is 9.53 Å². The topological polar surface area (TPSA) is 55.6 Å². The molecule has 0 bridgehead atoms. The largest absolute Gasteiger partial charge is 0.450 e. The summed E-state index contributed by atoms with van der Waals surface area (Å²) < 4.78 is 4.68. The lowest BCUT2D eigenvalue weighted by Gasteiger charge is -2.14. The van der Waals surface area contributed by atoms with Gasteiger partial charge >= 0.3 is 6.09 Å². The molecule has 0 aromatic heterocycles. The van der Waals surface area contributed by atoms with Gasteiger partial charge in [-0.1, -0.05) is 12.2 Å². The van der Waals surface area contributed by atoms with E-state index in [1.54, 1.807) is 14.0 Å². The molecule has 0 atom stereocenters. The van der Waals surface area contributed by atoms with E-state index < -0.39 is 6.09 Å². The number of hydrogen-bond acceptors (Lipinski definition) is 3. The van der Waals surface area contributed by atoms with Gasteiger partial charge in [0.1, 0.15) is 0 Å². The Morgan fingerprint density at radius 1 is 1.73 bits per heavy atom. The lowest BCUT2D eigenvalue weighted by Crippen LogP contribution is -2.34. The summed E-state index contributed by atoms with van der Waals surface area (Å²) in [4.78, 5) is 12.5. The van der Waals surface area contributed by atoms with Crippen LogP contribution in [0.1, 0.15) is 6.92 Å². The van der Waals surface area contributed by atoms with Crippen LogP contribution in [0.4, 0.5) is 4.79 Å². The summed E-state index contributed by atoms with van der Waals surface area (Å²) in [5.74, 6) is 0. The van der Waals surface area contributed by atoms with E-state index in [4.69, 9.17) is 5.73 Å². The fraction of sp³-hybridized carbons (Fsp3) is 0.667. The molecule has 11 heavy (non-hydrogen) atoms. The summed E-state index contributed by atoms with van der Waals surface area (Å²) in [6.07, 6.45) is -0.402. The molecule has 0 rings (SSSR count). The Hall–Kier alpha value is -0.840. The van der Waals surface area contributed by atoms with Gasteiger partial charge in [0.15, 0.2) is 0 Å². The lowest BCUT2D eigenvalue weighted by molar-refractivity contribution is 0.121. The molecule has 5 heteroatoms. The van der Waals surface area contributed by atoms with Crippen LogP contribution in [0.25, 0.3) is 0 Å². The van der Waals surface area contributed by atoms with Crippen LogP contribution in [0.3, 0.4) is 0 Å². The van der Waals surface area contributed by atoms with Gasteiger partial charge in [0.2, 0.25) is 0 Å². The molecule has 0 fully saturated rings. The molecular weight excluding hydrogens is 164 g/mol. The van der Waals surface area contributed by atoms with Crippen molar-refractivity contribution >= 4 is 23.3 Å². The van der Waals surface area contributed by atoms with Crippen LogP contribution in [0.2, 0.25) is 0 Å². The van der Waals surface area contributed by atoms with Crippen molar-refractivity contribution in [3.05, 3.63) is 0 Å². The average Bonchev–Trinajstić information content (AvgIpc) is 1.86. The Kier molecular flexibility index (Phi) is 4.52. The van der Waals surface area contributed by atoms with Crippen molar-refractivity contribution in [1.29, 1.82) is 0 Å². The molecule has 0 aliphatic rings. The van der Waals surface area contributed by atoms with E-state index in [1.807, 2.05) is 0 Å². The highest BCUT2D eigenvalue weighted by atomic mass is 32.1. The SMILES string of the molecule is CCOC(=O)N(C)CC(N)=S. The summed E-state index contributed by atoms with van der Waals surface area (Å²) in [5.41, 5.74) is 5.21. The second-order valence-electron chi connectivity index (χ2n) is 2.02. The highest BCUT2D eigenvalue weighted by molar-refractivity contribution is 7.80. The van der Waals surface area contributed by atoms with E-state index >= 15 is 0 Å². The van der Waals surface area contributed by atoms with Crippen LogP contribution < -0.4 is 5.73 Å². The third kappa shape index (κ3) is 4.55. The fourth-order valence-electron chi connectivity index (χ4n) is 0.532. The zero-order valence-electron chi connectivity index (χ0n) is 6.66. The summed E-state index contributed by atoms with van der Waals surface area (Å²) in [7, 11) is 1.58. The standard InChI is InChI=1S/C6H12N2O2S/c1-3-10-6(9)8(2)4-5(7)11/h3-4H2,1-2H3,(H2,7,11). The number of amides is 1. The molecule has 0 aromatic carbocycles. The van der Waals surface area contributed by atoms with E-state index in [2.05, 4.69) is 17.0 Å². The number of carbonyl (C=O) groups is 1. The first-order valence-corrected chi connectivity index (χ1v) is 3.65. The van der Waals surface area contributed by atoms with Crippen molar-refractivity contribution in [2.45, 2.75) is 6.92 Å². The summed E-state index contributed by atoms with van der Waals surface area (Å²) in [6.45, 7) is 2.36. The van der Waals surface area contributed by atoms with Crippen molar-refractivity contribution in [3.8, 4) is 0 Å². The minimum absolute atomic E-state index is 0.258. The molecule has 0 aliphatic carbocycles. The predicted octanol–water partition coefficient (Wildman–Crippen LogP) is 0.361. The molecule has 1 amide bonds. The molecule has 0 aliphatic heterocycles. The average molecular weight is 176 g/mol. The summed E-state index contributed by atoms with van der Waals surface area (Å²) >= 11 is 4.60. The number of likely N-dealkylation sites (N-methyl/N-ethyl adjacent to an activating group) is 1. The van der Waals surface area contributed by atoms with Crippen molar-refractivity contribution in [3.63, 3.8) is 0 Å². The van der Waals surface area contributed by atoms with E-state index in [1.165, 1.54) is 4.90 Å². The second-order valence-corrected chi connectivity index (χ2v) is 2.55. The molecule has 4 nitrogen and oxygen atoms in total. The fourth-order valence-corrected chi connectivity index (χ4v) is 0.726. The molecule has 0 saturated heterocycles. The third-order valence-corrected chi connectivity index (χ3v) is 1.10. The normalized spacial score (nSPS) is 8.91. The minimum Gasteiger partial charge on any atom is -0.450 e. The molecule has 64 valence electrons. The Labute approximate surface area is 71.3 Å². The first-order valence-electron chi connectivity index (χ1n) is 3.24. The van der Waals surface area contributed by atoms with E-state index in [9.17, 15) is 4.79 Å². The van der Waals surface area contributed by atoms with Crippen molar-refractivity contribution in [2.24, 2.45) is 5.73 Å². The van der Waals surface area contributed by atoms with Gasteiger partial charge in [0, 0.05) is 7.05 Å². The maximum atomic E-state index is 10.9. The van der Waals surface area contributed by atoms with Gasteiger partial charge in [0.25, 0.3) is 0 Å². The van der Waals surface area contributed by atoms with Crippen LogP contribution in [-0.2, 0) is 4.74 Å². The highest BCUT2D eigenvalue weighted by Gasteiger charge is 2.08. The lowest BCUT2D eigenvalue weighted by atomic mass is 10.6. The van der Waals surface area contributed by atoms with Crippen LogP contribution in [0.5, 0.6) is 0 Å². The van der Waals surface area contributed by atoms with Gasteiger partial charge < -0.3 is 15.4 Å². The van der Waals surface area contributed by atoms with Gasteiger partial charge in [0.05, 0.1) is 18.1 Å². The van der Waals surface area contributed by atoms with Gasteiger partial charge in [-0.25, -0.2) is 4.79 Å². The Morgan fingerprint density at radius 2 is 2.27 bits per heavy atom. The number of ether oxygens (including phenoxy) is 1. The first-order chi connectivity index (χ1) is 5.07. The maximum absolute atomic E-state index is 10.9. The zero-order valence-corrected chi connectivity index (χ0v) is 7.48. The third-order valence-electron chi connectivity index (χ3n) is 0.972. The van der Waals surface area contributed by atoms with Gasteiger partial charge in [-0.05, 0) is 6.92 Å². The number of hydrogen-bond donors (Lipinski definition) is 1. The first kappa shape index (κ1) is 10.2. The Balaban J connectivity index is 3.73. The van der Waals surface area contributed by atoms with Crippen LogP contribution in [0, 0.1) is 0 Å². The molecule has 2 N–H and O–H groups in total. The molecular formula is C6H12N2O2S. The summed E-state index contributed by atoms with van der Waals surface area (Å²) in [6, 6.07) is 0. The molecule has 0 aromatic rings. The smallest absolute Gasteiger partial charge is 0.409 e. The minimum atomic E-state index is -0.402. The van der Waals surface area contributed by atoms with E-state index in [0.717, 1.165) is 0 Å².